The van der Waals surface area contributed by atoms with E-state index in [1.807, 2.05) is 41.7 Å². The molecule has 2 nitrogen and oxygen atoms in total. The van der Waals surface area contributed by atoms with E-state index in [-0.39, 0.29) is 0 Å². The van der Waals surface area contributed by atoms with Crippen LogP contribution in [0.1, 0.15) is 0 Å². The number of rotatable bonds is 3. The molecule has 32 heavy (non-hydrogen) atoms. The second-order valence-electron chi connectivity index (χ2n) is 7.62. The highest BCUT2D eigenvalue weighted by molar-refractivity contribution is 9.10. The van der Waals surface area contributed by atoms with Crippen molar-refractivity contribution < 1.29 is 0 Å². The van der Waals surface area contributed by atoms with Gasteiger partial charge >= 0.3 is 0 Å². The summed E-state index contributed by atoms with van der Waals surface area (Å²) in [6.45, 7) is 0. The molecule has 6 rings (SSSR count). The van der Waals surface area contributed by atoms with Crippen molar-refractivity contribution in [1.82, 2.24) is 9.97 Å². The Morgan fingerprint density at radius 2 is 1.31 bits per heavy atom. The van der Waals surface area contributed by atoms with E-state index < -0.39 is 0 Å². The van der Waals surface area contributed by atoms with Gasteiger partial charge in [0.05, 0.1) is 11.4 Å². The topological polar surface area (TPSA) is 25.8 Å². The third-order valence-corrected chi connectivity index (χ3v) is 7.33. The Kier molecular flexibility index (Phi) is 4.82. The van der Waals surface area contributed by atoms with Crippen LogP contribution in [0.5, 0.6) is 0 Å². The summed E-state index contributed by atoms with van der Waals surface area (Å²) in [6, 6.07) is 35.6. The predicted molar refractivity (Wildman–Crippen MR) is 139 cm³/mol. The van der Waals surface area contributed by atoms with Gasteiger partial charge in [0, 0.05) is 41.3 Å². The van der Waals surface area contributed by atoms with E-state index in [4.69, 9.17) is 9.97 Å². The lowest BCUT2D eigenvalue weighted by Gasteiger charge is -2.10. The minimum Gasteiger partial charge on any atom is -0.228 e. The molecule has 0 spiro atoms. The SMILES string of the molecule is Brc1ccc(-c2cc(-c3cccc4c3sc3ccccc34)nc(-c3ccccc3)n2)cc1. The third-order valence-electron chi connectivity index (χ3n) is 5.58. The van der Waals surface area contributed by atoms with Gasteiger partial charge in [-0.3, -0.25) is 0 Å². The molecule has 0 saturated carbocycles. The van der Waals surface area contributed by atoms with Crippen LogP contribution in [0, 0.1) is 0 Å². The maximum Gasteiger partial charge on any atom is 0.160 e. The fourth-order valence-electron chi connectivity index (χ4n) is 4.02. The van der Waals surface area contributed by atoms with Crippen molar-refractivity contribution in [2.45, 2.75) is 0 Å². The maximum atomic E-state index is 5.02. The lowest BCUT2D eigenvalue weighted by molar-refractivity contribution is 1.19. The van der Waals surface area contributed by atoms with Crippen LogP contribution >= 0.6 is 27.3 Å². The molecule has 0 unspecified atom stereocenters. The highest BCUT2D eigenvalue weighted by Crippen LogP contribution is 2.40. The van der Waals surface area contributed by atoms with Gasteiger partial charge in [0.25, 0.3) is 0 Å². The van der Waals surface area contributed by atoms with Gasteiger partial charge in [-0.2, -0.15) is 0 Å². The van der Waals surface area contributed by atoms with E-state index in [1.54, 1.807) is 0 Å². The first-order chi connectivity index (χ1) is 15.8. The van der Waals surface area contributed by atoms with Crippen LogP contribution in [0.25, 0.3) is 54.1 Å². The zero-order valence-corrected chi connectivity index (χ0v) is 19.4. The Morgan fingerprint density at radius 1 is 0.594 bits per heavy atom. The molecule has 0 N–H and O–H groups in total. The van der Waals surface area contributed by atoms with E-state index in [2.05, 4.69) is 88.7 Å². The number of hydrogen-bond acceptors (Lipinski definition) is 3. The smallest absolute Gasteiger partial charge is 0.160 e. The zero-order valence-electron chi connectivity index (χ0n) is 17.0. The van der Waals surface area contributed by atoms with Gasteiger partial charge in [-0.05, 0) is 24.3 Å². The lowest BCUT2D eigenvalue weighted by atomic mass is 10.0. The molecule has 0 fully saturated rings. The monoisotopic (exact) mass is 492 g/mol. The van der Waals surface area contributed by atoms with E-state index in [9.17, 15) is 0 Å². The van der Waals surface area contributed by atoms with Crippen LogP contribution in [0.15, 0.2) is 108 Å². The van der Waals surface area contributed by atoms with Gasteiger partial charge in [0.15, 0.2) is 5.82 Å². The Balaban J connectivity index is 1.62. The standard InChI is InChI=1S/C28H17BrN2S/c29-20-15-13-18(14-16-20)24-17-25(31-28(30-24)19-7-2-1-3-8-19)23-11-6-10-22-21-9-4-5-12-26(21)32-27(22)23/h1-17H. The van der Waals surface area contributed by atoms with Crippen LogP contribution in [0.3, 0.4) is 0 Å². The number of fused-ring (bicyclic) bond motifs is 3. The van der Waals surface area contributed by atoms with Crippen molar-refractivity contribution in [3.05, 3.63) is 108 Å². The van der Waals surface area contributed by atoms with Gasteiger partial charge in [0.2, 0.25) is 0 Å². The molecule has 6 aromatic rings. The maximum absolute atomic E-state index is 5.02. The minimum atomic E-state index is 0.735. The molecule has 2 aromatic heterocycles. The van der Waals surface area contributed by atoms with Gasteiger partial charge in [-0.1, -0.05) is 94.8 Å². The molecule has 0 aliphatic carbocycles. The molecule has 4 aromatic carbocycles. The van der Waals surface area contributed by atoms with Crippen molar-refractivity contribution in [3.8, 4) is 33.9 Å². The molecule has 4 heteroatoms. The first-order valence-electron chi connectivity index (χ1n) is 10.4. The highest BCUT2D eigenvalue weighted by atomic mass is 79.9. The molecular formula is C28H17BrN2S. The second kappa shape index (κ2) is 7.97. The first-order valence-corrected chi connectivity index (χ1v) is 12.0. The molecule has 2 heterocycles. The normalized spacial score (nSPS) is 11.3. The van der Waals surface area contributed by atoms with Crippen LogP contribution < -0.4 is 0 Å². The van der Waals surface area contributed by atoms with Crippen LogP contribution in [0.2, 0.25) is 0 Å². The molecule has 0 radical (unpaired) electrons. The summed E-state index contributed by atoms with van der Waals surface area (Å²) in [6.07, 6.45) is 0. The minimum absolute atomic E-state index is 0.735. The summed E-state index contributed by atoms with van der Waals surface area (Å²) >= 11 is 5.35. The quantitative estimate of drug-likeness (QED) is 0.247. The number of nitrogens with zero attached hydrogens (tertiary/aromatic N) is 2. The van der Waals surface area contributed by atoms with Gasteiger partial charge in [-0.15, -0.1) is 11.3 Å². The van der Waals surface area contributed by atoms with Gasteiger partial charge in [0.1, 0.15) is 0 Å². The van der Waals surface area contributed by atoms with Gasteiger partial charge in [-0.25, -0.2) is 9.97 Å². The molecule has 0 aliphatic heterocycles. The predicted octanol–water partition coefficient (Wildman–Crippen LogP) is 8.61. The molecule has 0 atom stereocenters. The largest absolute Gasteiger partial charge is 0.228 e. The Morgan fingerprint density at radius 3 is 2.16 bits per heavy atom. The molecule has 152 valence electrons. The summed E-state index contributed by atoms with van der Waals surface area (Å²) in [5.74, 6) is 0.735. The number of benzene rings is 4. The molecular weight excluding hydrogens is 476 g/mol. The summed E-state index contributed by atoms with van der Waals surface area (Å²) in [5.41, 5.74) is 5.07. The van der Waals surface area contributed by atoms with Crippen LogP contribution in [0.4, 0.5) is 0 Å². The van der Waals surface area contributed by atoms with Crippen molar-refractivity contribution in [3.63, 3.8) is 0 Å². The number of hydrogen-bond donors (Lipinski definition) is 0. The van der Waals surface area contributed by atoms with Crippen LogP contribution in [-0.4, -0.2) is 9.97 Å². The Labute approximate surface area is 198 Å². The Hall–Kier alpha value is -3.34. The first kappa shape index (κ1) is 19.4. The number of thiophene rings is 1. The third kappa shape index (κ3) is 3.42. The average Bonchev–Trinajstić information content (AvgIpc) is 3.24. The van der Waals surface area contributed by atoms with E-state index in [0.29, 0.717) is 0 Å². The van der Waals surface area contributed by atoms with E-state index in [1.165, 1.54) is 20.2 Å². The molecule has 0 amide bonds. The van der Waals surface area contributed by atoms with Crippen molar-refractivity contribution in [1.29, 1.82) is 0 Å². The summed E-state index contributed by atoms with van der Waals surface area (Å²) in [7, 11) is 0. The number of aromatic nitrogens is 2. The summed E-state index contributed by atoms with van der Waals surface area (Å²) < 4.78 is 3.60. The lowest BCUT2D eigenvalue weighted by Crippen LogP contribution is -1.95. The molecule has 0 saturated heterocycles. The van der Waals surface area contributed by atoms with Crippen molar-refractivity contribution in [2.75, 3.05) is 0 Å². The van der Waals surface area contributed by atoms with E-state index in [0.717, 1.165) is 38.4 Å². The van der Waals surface area contributed by atoms with Crippen molar-refractivity contribution in [2.24, 2.45) is 0 Å². The highest BCUT2D eigenvalue weighted by Gasteiger charge is 2.15. The average molecular weight is 493 g/mol. The van der Waals surface area contributed by atoms with Crippen molar-refractivity contribution >= 4 is 47.4 Å². The Bertz CT molecular complexity index is 1570. The zero-order chi connectivity index (χ0) is 21.5. The fraction of sp³-hybridized carbons (Fsp3) is 0. The fourth-order valence-corrected chi connectivity index (χ4v) is 5.51. The molecule has 0 bridgehead atoms. The number of halogens is 1. The van der Waals surface area contributed by atoms with Crippen LogP contribution in [-0.2, 0) is 0 Å². The van der Waals surface area contributed by atoms with E-state index >= 15 is 0 Å². The summed E-state index contributed by atoms with van der Waals surface area (Å²) in [5, 5.41) is 2.56. The summed E-state index contributed by atoms with van der Waals surface area (Å²) in [4.78, 5) is 9.95. The van der Waals surface area contributed by atoms with Gasteiger partial charge < -0.3 is 0 Å². The second-order valence-corrected chi connectivity index (χ2v) is 9.58. The molecule has 0 aliphatic rings.